The van der Waals surface area contributed by atoms with Crippen LogP contribution in [-0.2, 0) is 52.9 Å². The number of unbranched alkanes of at least 4 members (excludes halogenated alkanes) is 1. The Morgan fingerprint density at radius 2 is 1.59 bits per heavy atom. The number of carbonyl (C=O) groups is 7. The molecule has 0 saturated carbocycles. The maximum atomic E-state index is 14.7. The highest BCUT2D eigenvalue weighted by atomic mass is 16.6. The summed E-state index contributed by atoms with van der Waals surface area (Å²) in [6.45, 7) is 11.8. The number of carbonyl (C=O) groups excluding carboxylic acids is 7. The summed E-state index contributed by atoms with van der Waals surface area (Å²) in [6, 6.07) is 15.2. The molecular weight excluding hydrogens is 803 g/mol. The largest absolute Gasteiger partial charge is 0.444 e. The zero-order valence-electron chi connectivity index (χ0n) is 37.7. The fraction of sp³-hybridized carbons (Fsp3) is 0.583. The second-order valence-electron chi connectivity index (χ2n) is 18.0. The second kappa shape index (κ2) is 23.2. The van der Waals surface area contributed by atoms with Crippen molar-refractivity contribution in [3.8, 4) is 0 Å². The number of aromatic amines is 1. The third-order valence-corrected chi connectivity index (χ3v) is 12.5. The smallest absolute Gasteiger partial charge is 0.410 e. The quantitative estimate of drug-likeness (QED) is 0.0817. The molecule has 0 bridgehead atoms. The molecule has 0 aliphatic carbocycles. The number of hydrogen-bond acceptors (Lipinski definition) is 11. The minimum Gasteiger partial charge on any atom is -0.444 e. The highest BCUT2D eigenvalue weighted by Gasteiger charge is 2.46. The van der Waals surface area contributed by atoms with Crippen LogP contribution >= 0.6 is 0 Å². The minimum atomic E-state index is -1.07. The monoisotopic (exact) mass is 867 g/mol. The van der Waals surface area contributed by atoms with Crippen LogP contribution in [0, 0.1) is 23.7 Å². The summed E-state index contributed by atoms with van der Waals surface area (Å²) in [5.41, 5.74) is 3.12. The number of benzene rings is 2. The Balaban J connectivity index is 1.30. The van der Waals surface area contributed by atoms with Gasteiger partial charge >= 0.3 is 6.09 Å². The first-order chi connectivity index (χ1) is 30.2. The molecule has 5 rings (SSSR count). The zero-order valence-corrected chi connectivity index (χ0v) is 37.7. The minimum absolute atomic E-state index is 0.00136. The molecule has 1 saturated heterocycles. The summed E-state index contributed by atoms with van der Waals surface area (Å²) in [5.74, 6) is -4.44. The molecule has 0 spiro atoms. The Bertz CT molecular complexity index is 2040. The number of aryl methyl sites for hydroxylation is 1. The van der Waals surface area contributed by atoms with Crippen LogP contribution in [0.4, 0.5) is 4.79 Å². The van der Waals surface area contributed by atoms with Gasteiger partial charge in [0.1, 0.15) is 17.9 Å². The lowest BCUT2D eigenvalue weighted by atomic mass is 9.85. The number of nitrogens with zero attached hydrogens (tertiary/aromatic N) is 5. The standard InChI is InChI=1S/C48H65N7O8/c1-7-15-35(45(59)42(58)24-32(6)33-16-9-8-10-17-33)25-41(57)40-27-38(63-48(62)54-23-22-34-18-11-12-19-36(34)28-54)29-55(40)47(61)44(31(4)5)49-46(60)39(30(2)3)26-37(56)20-13-14-21-43-50-52-53-51-43/h8-12,16-19,30-32,35,38-40,44H,7,13-15,20-29H2,1-6H3,(H,49,60)(H,50,51,52,53)/t32-,35?,38?,39-,40+,44+/m1/s1. The first-order valence-electron chi connectivity index (χ1n) is 22.7. The van der Waals surface area contributed by atoms with Gasteiger partial charge in [-0.2, -0.15) is 5.21 Å². The van der Waals surface area contributed by atoms with Crippen LogP contribution in [-0.4, -0.2) is 103 Å². The van der Waals surface area contributed by atoms with Crippen LogP contribution in [0.3, 0.4) is 0 Å². The van der Waals surface area contributed by atoms with Gasteiger partial charge < -0.3 is 19.9 Å². The number of amides is 3. The highest BCUT2D eigenvalue weighted by Crippen LogP contribution is 2.30. The molecule has 2 aromatic carbocycles. The molecule has 6 atom stereocenters. The average Bonchev–Trinajstić information content (AvgIpc) is 3.96. The van der Waals surface area contributed by atoms with Crippen molar-refractivity contribution in [3.63, 3.8) is 0 Å². The van der Waals surface area contributed by atoms with E-state index in [1.807, 2.05) is 82.3 Å². The van der Waals surface area contributed by atoms with Gasteiger partial charge in [0.05, 0.1) is 12.6 Å². The summed E-state index contributed by atoms with van der Waals surface area (Å²) in [7, 11) is 0. The molecule has 2 aliphatic rings. The van der Waals surface area contributed by atoms with Gasteiger partial charge in [0.2, 0.25) is 17.6 Å². The van der Waals surface area contributed by atoms with Gasteiger partial charge in [0.25, 0.3) is 0 Å². The van der Waals surface area contributed by atoms with Crippen molar-refractivity contribution >= 4 is 41.0 Å². The van der Waals surface area contributed by atoms with E-state index in [1.54, 1.807) is 18.7 Å². The predicted octanol–water partition coefficient (Wildman–Crippen LogP) is 6.16. The van der Waals surface area contributed by atoms with E-state index in [2.05, 4.69) is 25.9 Å². The Morgan fingerprint density at radius 1 is 0.873 bits per heavy atom. The van der Waals surface area contributed by atoms with Crippen molar-refractivity contribution in [2.24, 2.45) is 23.7 Å². The number of H-pyrrole nitrogens is 1. The molecule has 15 nitrogen and oxygen atoms in total. The van der Waals surface area contributed by atoms with E-state index in [0.29, 0.717) is 57.4 Å². The van der Waals surface area contributed by atoms with Crippen molar-refractivity contribution in [2.75, 3.05) is 13.1 Å². The number of hydrogen-bond donors (Lipinski definition) is 2. The summed E-state index contributed by atoms with van der Waals surface area (Å²) in [6.07, 6.45) is 2.01. The van der Waals surface area contributed by atoms with Crippen LogP contribution in [0.2, 0.25) is 0 Å². The normalized spacial score (nSPS) is 18.0. The fourth-order valence-corrected chi connectivity index (χ4v) is 8.68. The van der Waals surface area contributed by atoms with Crippen molar-refractivity contribution in [3.05, 3.63) is 77.1 Å². The molecular formula is C48H65N7O8. The number of Topliss-reactive ketones (excluding diaryl/α,β-unsaturated/α-hetero) is 4. The van der Waals surface area contributed by atoms with Crippen molar-refractivity contribution in [1.29, 1.82) is 0 Å². The summed E-state index contributed by atoms with van der Waals surface area (Å²) in [4.78, 5) is 100. The van der Waals surface area contributed by atoms with Crippen LogP contribution in [0.5, 0.6) is 0 Å². The molecule has 3 heterocycles. The first kappa shape index (κ1) is 48.4. The number of ketones is 4. The zero-order chi connectivity index (χ0) is 45.6. The molecule has 15 heteroatoms. The SMILES string of the molecule is CCCC(CC(=O)[C@@H]1CC(OC(=O)N2CCc3ccccc3C2)CN1C(=O)[C@@H](NC(=O)[C@H](CC(=O)CCCCc1nn[nH]n1)C(C)C)C(C)C)C(=O)C(=O)C[C@@H](C)c1ccccc1. The number of rotatable bonds is 23. The van der Waals surface area contributed by atoms with Gasteiger partial charge in [-0.25, -0.2) is 4.79 Å². The Labute approximate surface area is 370 Å². The molecule has 3 amide bonds. The second-order valence-corrected chi connectivity index (χ2v) is 18.0. The number of fused-ring (bicyclic) bond motifs is 1. The van der Waals surface area contributed by atoms with Gasteiger partial charge in [-0.15, -0.1) is 10.2 Å². The molecule has 1 aromatic heterocycles. The van der Waals surface area contributed by atoms with Gasteiger partial charge in [-0.1, -0.05) is 108 Å². The maximum Gasteiger partial charge on any atom is 0.410 e. The highest BCUT2D eigenvalue weighted by molar-refractivity contribution is 6.38. The van der Waals surface area contributed by atoms with Crippen LogP contribution < -0.4 is 5.32 Å². The Morgan fingerprint density at radius 3 is 2.25 bits per heavy atom. The molecule has 2 aliphatic heterocycles. The molecule has 340 valence electrons. The summed E-state index contributed by atoms with van der Waals surface area (Å²) < 4.78 is 6.03. The third-order valence-electron chi connectivity index (χ3n) is 12.5. The van der Waals surface area contributed by atoms with E-state index in [4.69, 9.17) is 4.74 Å². The van der Waals surface area contributed by atoms with E-state index in [9.17, 15) is 33.6 Å². The topological polar surface area (TPSA) is 202 Å². The van der Waals surface area contributed by atoms with Crippen LogP contribution in [0.1, 0.15) is 128 Å². The van der Waals surface area contributed by atoms with Gasteiger partial charge in [0.15, 0.2) is 17.4 Å². The van der Waals surface area contributed by atoms with Crippen molar-refractivity contribution < 1.29 is 38.3 Å². The Hall–Kier alpha value is -5.60. The van der Waals surface area contributed by atoms with Gasteiger partial charge in [-0.3, -0.25) is 28.8 Å². The first-order valence-corrected chi connectivity index (χ1v) is 22.7. The Kier molecular flexibility index (Phi) is 17.8. The number of tetrazole rings is 1. The van der Waals surface area contributed by atoms with E-state index in [0.717, 1.165) is 16.7 Å². The molecule has 2 unspecified atom stereocenters. The molecule has 3 aromatic rings. The molecule has 2 N–H and O–H groups in total. The lowest BCUT2D eigenvalue weighted by Crippen LogP contribution is -2.55. The predicted molar refractivity (Wildman–Crippen MR) is 235 cm³/mol. The van der Waals surface area contributed by atoms with E-state index in [-0.39, 0.29) is 56.3 Å². The van der Waals surface area contributed by atoms with Gasteiger partial charge in [-0.05, 0) is 60.1 Å². The lowest BCUT2D eigenvalue weighted by molar-refractivity contribution is -0.144. The summed E-state index contributed by atoms with van der Waals surface area (Å²) >= 11 is 0. The van der Waals surface area contributed by atoms with Crippen molar-refractivity contribution in [2.45, 2.75) is 143 Å². The number of likely N-dealkylation sites (tertiary alicyclic amines) is 1. The molecule has 63 heavy (non-hydrogen) atoms. The van der Waals surface area contributed by atoms with Crippen LogP contribution in [0.25, 0.3) is 0 Å². The van der Waals surface area contributed by atoms with Crippen LogP contribution in [0.15, 0.2) is 54.6 Å². The van der Waals surface area contributed by atoms with Crippen molar-refractivity contribution in [1.82, 2.24) is 35.7 Å². The molecule has 1 fully saturated rings. The van der Waals surface area contributed by atoms with E-state index >= 15 is 0 Å². The van der Waals surface area contributed by atoms with E-state index < -0.39 is 71.2 Å². The lowest BCUT2D eigenvalue weighted by Gasteiger charge is -2.32. The van der Waals surface area contributed by atoms with Gasteiger partial charge in [0, 0.05) is 63.5 Å². The number of ether oxygens (including phenoxy) is 1. The third kappa shape index (κ3) is 13.4. The molecule has 0 radical (unpaired) electrons. The number of nitrogens with one attached hydrogen (secondary N) is 2. The maximum absolute atomic E-state index is 14.7. The summed E-state index contributed by atoms with van der Waals surface area (Å²) in [5, 5.41) is 16.8. The average molecular weight is 868 g/mol. The fourth-order valence-electron chi connectivity index (χ4n) is 8.68. The van der Waals surface area contributed by atoms with E-state index in [1.165, 1.54) is 4.90 Å². The number of aromatic nitrogens is 4.